The van der Waals surface area contributed by atoms with Gasteiger partial charge < -0.3 is 5.11 Å². The predicted octanol–water partition coefficient (Wildman–Crippen LogP) is 5.16. The number of allylic oxidation sites excluding steroid dienone is 2. The first-order valence-electron chi connectivity index (χ1n) is 7.38. The molecule has 0 bridgehead atoms. The van der Waals surface area contributed by atoms with Crippen molar-refractivity contribution in [3.8, 4) is 0 Å². The molecule has 1 aromatic rings. The zero-order valence-electron chi connectivity index (χ0n) is 11.7. The van der Waals surface area contributed by atoms with Gasteiger partial charge >= 0.3 is 0 Å². The predicted molar refractivity (Wildman–Crippen MR) is 77.4 cm³/mol. The second-order valence-corrected chi connectivity index (χ2v) is 5.37. The zero-order chi connectivity index (χ0) is 13.7. The highest BCUT2D eigenvalue weighted by Gasteiger charge is 2.16. The highest BCUT2D eigenvalue weighted by Crippen LogP contribution is 2.35. The lowest BCUT2D eigenvalue weighted by molar-refractivity contribution is 0.163. The molecule has 0 saturated heterocycles. The van der Waals surface area contributed by atoms with Crippen LogP contribution in [0.1, 0.15) is 69.1 Å². The van der Waals surface area contributed by atoms with E-state index in [1.807, 2.05) is 24.3 Å². The molecule has 0 fully saturated rings. The van der Waals surface area contributed by atoms with Crippen LogP contribution >= 0.6 is 0 Å². The Bertz CT molecular complexity index is 433. The van der Waals surface area contributed by atoms with Gasteiger partial charge in [-0.2, -0.15) is 0 Å². The summed E-state index contributed by atoms with van der Waals surface area (Å²) in [7, 11) is 0. The van der Waals surface area contributed by atoms with Crippen molar-refractivity contribution in [1.82, 2.24) is 0 Å². The Balaban J connectivity index is 2.00. The van der Waals surface area contributed by atoms with Crippen molar-refractivity contribution in [3.63, 3.8) is 0 Å². The molecule has 2 rings (SSSR count). The van der Waals surface area contributed by atoms with Crippen LogP contribution in [0.25, 0.3) is 5.57 Å². The largest absolute Gasteiger partial charge is 0.388 e. The number of aliphatic hydroxyl groups excluding tert-OH is 1. The molecule has 1 aromatic carbocycles. The number of hydrogen-bond acceptors (Lipinski definition) is 1. The van der Waals surface area contributed by atoms with Gasteiger partial charge in [0.2, 0.25) is 0 Å². The zero-order valence-corrected chi connectivity index (χ0v) is 11.7. The number of aliphatic hydroxyl groups is 1. The molecule has 1 aliphatic rings. The Labute approximate surface area is 115 Å². The Morgan fingerprint density at radius 2 is 1.89 bits per heavy atom. The molecule has 1 atom stereocenters. The lowest BCUT2D eigenvalue weighted by atomic mass is 9.99. The number of halogens is 1. The maximum Gasteiger partial charge on any atom is 0.104 e. The van der Waals surface area contributed by atoms with Gasteiger partial charge in [-0.25, -0.2) is 4.39 Å². The summed E-state index contributed by atoms with van der Waals surface area (Å²) in [6.07, 6.45) is 6.14. The monoisotopic (exact) mass is 262 g/mol. The van der Waals surface area contributed by atoms with Gasteiger partial charge in [-0.15, -0.1) is 0 Å². The maximum absolute atomic E-state index is 13.6. The molecule has 1 unspecified atom stereocenters. The molecule has 0 spiro atoms. The van der Waals surface area contributed by atoms with Crippen molar-refractivity contribution in [1.29, 1.82) is 0 Å². The van der Waals surface area contributed by atoms with Gasteiger partial charge in [0.1, 0.15) is 5.83 Å². The van der Waals surface area contributed by atoms with E-state index in [0.29, 0.717) is 6.42 Å². The van der Waals surface area contributed by atoms with E-state index in [-0.39, 0.29) is 11.9 Å². The average molecular weight is 262 g/mol. The van der Waals surface area contributed by atoms with Crippen molar-refractivity contribution in [2.24, 2.45) is 0 Å². The first kappa shape index (κ1) is 14.3. The Kier molecular flexibility index (Phi) is 5.15. The summed E-state index contributed by atoms with van der Waals surface area (Å²) in [5.41, 5.74) is 2.77. The fourth-order valence-electron chi connectivity index (χ4n) is 2.67. The summed E-state index contributed by atoms with van der Waals surface area (Å²) in [4.78, 5) is 0. The van der Waals surface area contributed by atoms with Crippen molar-refractivity contribution in [3.05, 3.63) is 41.2 Å². The third kappa shape index (κ3) is 3.66. The van der Waals surface area contributed by atoms with Gasteiger partial charge in [0, 0.05) is 0 Å². The lowest BCUT2D eigenvalue weighted by Gasteiger charge is -2.11. The van der Waals surface area contributed by atoms with Crippen molar-refractivity contribution in [2.45, 2.75) is 58.0 Å². The van der Waals surface area contributed by atoms with Gasteiger partial charge in [0.05, 0.1) is 6.10 Å². The second-order valence-electron chi connectivity index (χ2n) is 5.37. The molecule has 1 aliphatic carbocycles. The maximum atomic E-state index is 13.6. The Morgan fingerprint density at radius 3 is 2.47 bits per heavy atom. The van der Waals surface area contributed by atoms with E-state index in [9.17, 15) is 9.50 Å². The summed E-state index contributed by atoms with van der Waals surface area (Å²) >= 11 is 0. The van der Waals surface area contributed by atoms with Crippen LogP contribution in [0, 0.1) is 0 Å². The summed E-state index contributed by atoms with van der Waals surface area (Å²) in [6.45, 7) is 2.16. The summed E-state index contributed by atoms with van der Waals surface area (Å²) in [5, 5.41) is 10.1. The number of benzene rings is 1. The van der Waals surface area contributed by atoms with Gasteiger partial charge in [-0.3, -0.25) is 0 Å². The van der Waals surface area contributed by atoms with Crippen LogP contribution in [-0.4, -0.2) is 5.11 Å². The van der Waals surface area contributed by atoms with Gasteiger partial charge in [-0.1, -0.05) is 50.5 Å². The molecule has 1 N–H and O–H groups in total. The fourth-order valence-corrected chi connectivity index (χ4v) is 2.67. The molecular weight excluding hydrogens is 239 g/mol. The van der Waals surface area contributed by atoms with Crippen LogP contribution in [0.3, 0.4) is 0 Å². The molecule has 0 saturated carbocycles. The first-order valence-corrected chi connectivity index (χ1v) is 7.38. The quantitative estimate of drug-likeness (QED) is 0.702. The van der Waals surface area contributed by atoms with Crippen LogP contribution in [0.4, 0.5) is 4.39 Å². The summed E-state index contributed by atoms with van der Waals surface area (Å²) in [6, 6.07) is 7.76. The minimum atomic E-state index is -0.386. The summed E-state index contributed by atoms with van der Waals surface area (Å²) in [5.74, 6) is 0.0382. The third-order valence-corrected chi connectivity index (χ3v) is 3.88. The molecule has 0 amide bonds. The standard InChI is InChI=1S/C17H23FO/c1-2-3-4-8-17(19)14-11-9-13(10-12-14)15-6-5-7-16(15)18/h9-12,17,19H,2-8H2,1H3. The van der Waals surface area contributed by atoms with Crippen LogP contribution in [0.15, 0.2) is 30.1 Å². The number of rotatable bonds is 6. The number of hydrogen-bond donors (Lipinski definition) is 1. The molecule has 0 heterocycles. The molecule has 0 aromatic heterocycles. The highest BCUT2D eigenvalue weighted by molar-refractivity contribution is 5.69. The van der Waals surface area contributed by atoms with Crippen LogP contribution < -0.4 is 0 Å². The second kappa shape index (κ2) is 6.85. The van der Waals surface area contributed by atoms with E-state index in [4.69, 9.17) is 0 Å². The molecular formula is C17H23FO. The molecule has 0 radical (unpaired) electrons. The van der Waals surface area contributed by atoms with Gasteiger partial charge in [0.15, 0.2) is 0 Å². The minimum Gasteiger partial charge on any atom is -0.388 e. The molecule has 104 valence electrons. The molecule has 0 aliphatic heterocycles. The SMILES string of the molecule is CCCCCC(O)c1ccc(C2=C(F)CCC2)cc1. The van der Waals surface area contributed by atoms with E-state index in [0.717, 1.165) is 48.8 Å². The fraction of sp³-hybridized carbons (Fsp3) is 0.529. The lowest BCUT2D eigenvalue weighted by Crippen LogP contribution is -1.97. The summed E-state index contributed by atoms with van der Waals surface area (Å²) < 4.78 is 13.6. The first-order chi connectivity index (χ1) is 9.22. The van der Waals surface area contributed by atoms with Crippen LogP contribution in [0.5, 0.6) is 0 Å². The molecule has 1 nitrogen and oxygen atoms in total. The van der Waals surface area contributed by atoms with E-state index >= 15 is 0 Å². The Morgan fingerprint density at radius 1 is 1.16 bits per heavy atom. The van der Waals surface area contributed by atoms with Crippen LogP contribution in [0.2, 0.25) is 0 Å². The topological polar surface area (TPSA) is 20.2 Å². The van der Waals surface area contributed by atoms with E-state index in [1.54, 1.807) is 0 Å². The van der Waals surface area contributed by atoms with E-state index < -0.39 is 0 Å². The van der Waals surface area contributed by atoms with Gasteiger partial charge in [0.25, 0.3) is 0 Å². The van der Waals surface area contributed by atoms with Gasteiger partial charge in [-0.05, 0) is 42.4 Å². The minimum absolute atomic E-state index is 0.0382. The Hall–Kier alpha value is -1.15. The number of unbranched alkanes of at least 4 members (excludes halogenated alkanes) is 2. The van der Waals surface area contributed by atoms with Crippen molar-refractivity contribution in [2.75, 3.05) is 0 Å². The van der Waals surface area contributed by atoms with E-state index in [1.165, 1.54) is 6.42 Å². The average Bonchev–Trinajstić information content (AvgIpc) is 2.85. The van der Waals surface area contributed by atoms with Crippen molar-refractivity contribution >= 4 is 5.57 Å². The molecule has 2 heteroatoms. The van der Waals surface area contributed by atoms with Crippen molar-refractivity contribution < 1.29 is 9.50 Å². The van der Waals surface area contributed by atoms with Crippen LogP contribution in [-0.2, 0) is 0 Å². The normalized spacial score (nSPS) is 17.0. The third-order valence-electron chi connectivity index (χ3n) is 3.88. The van der Waals surface area contributed by atoms with E-state index in [2.05, 4.69) is 6.92 Å². The molecule has 19 heavy (non-hydrogen) atoms. The highest BCUT2D eigenvalue weighted by atomic mass is 19.1. The smallest absolute Gasteiger partial charge is 0.104 e.